The van der Waals surface area contributed by atoms with E-state index >= 15 is 0 Å². The molecule has 0 aliphatic carbocycles. The minimum atomic E-state index is -0.830. The number of halogens is 1. The lowest BCUT2D eigenvalue weighted by atomic mass is 10.1. The summed E-state index contributed by atoms with van der Waals surface area (Å²) in [5, 5.41) is 2.56. The lowest BCUT2D eigenvalue weighted by Gasteiger charge is -2.26. The number of carbonyl (C=O) groups is 3. The van der Waals surface area contributed by atoms with Gasteiger partial charge in [-0.15, -0.1) is 0 Å². The summed E-state index contributed by atoms with van der Waals surface area (Å²) in [5.74, 6) is -0.490. The molecule has 4 aromatic carbocycles. The van der Waals surface area contributed by atoms with Crippen molar-refractivity contribution in [2.24, 2.45) is 0 Å². The van der Waals surface area contributed by atoms with Crippen LogP contribution in [0.5, 0.6) is 11.5 Å². The zero-order valence-corrected chi connectivity index (χ0v) is 23.3. The fourth-order valence-electron chi connectivity index (χ4n) is 4.53. The van der Waals surface area contributed by atoms with E-state index in [1.165, 1.54) is 6.08 Å². The normalized spacial score (nSPS) is 14.3. The van der Waals surface area contributed by atoms with Crippen LogP contribution in [0.3, 0.4) is 0 Å². The van der Waals surface area contributed by atoms with Crippen LogP contribution in [0.15, 0.2) is 96.6 Å². The van der Waals surface area contributed by atoms with E-state index in [2.05, 4.69) is 11.4 Å². The van der Waals surface area contributed by atoms with Crippen LogP contribution in [0.4, 0.5) is 10.5 Å². The molecule has 1 saturated heterocycles. The minimum Gasteiger partial charge on any atom is -0.489 e. The molecule has 7 nitrogen and oxygen atoms in total. The Morgan fingerprint density at radius 3 is 2.15 bits per heavy atom. The number of carbonyl (C=O) groups excluding carboxylic acids is 3. The number of amides is 4. The maximum Gasteiger partial charge on any atom is 0.335 e. The number of barbiturate groups is 1. The summed E-state index contributed by atoms with van der Waals surface area (Å²) < 4.78 is 11.7. The van der Waals surface area contributed by atoms with Crippen LogP contribution in [-0.4, -0.2) is 17.8 Å². The quantitative estimate of drug-likeness (QED) is 0.188. The molecule has 1 aliphatic heterocycles. The van der Waals surface area contributed by atoms with E-state index in [0.29, 0.717) is 41.0 Å². The second-order valence-corrected chi connectivity index (χ2v) is 10.1. The Morgan fingerprint density at radius 2 is 1.46 bits per heavy atom. The van der Waals surface area contributed by atoms with Gasteiger partial charge in [0.1, 0.15) is 30.3 Å². The van der Waals surface area contributed by atoms with Gasteiger partial charge in [0.05, 0.1) is 10.7 Å². The molecule has 1 heterocycles. The number of imide groups is 2. The number of benzene rings is 4. The van der Waals surface area contributed by atoms with Gasteiger partial charge in [0, 0.05) is 0 Å². The van der Waals surface area contributed by atoms with Gasteiger partial charge in [0.25, 0.3) is 11.8 Å². The summed E-state index contributed by atoms with van der Waals surface area (Å²) in [6.45, 7) is 4.78. The molecule has 0 atom stereocenters. The number of rotatable bonds is 8. The van der Waals surface area contributed by atoms with Crippen molar-refractivity contribution < 1.29 is 23.9 Å². The molecule has 206 valence electrons. The molecule has 0 unspecified atom stereocenters. The van der Waals surface area contributed by atoms with Gasteiger partial charge in [0.15, 0.2) is 0 Å². The third kappa shape index (κ3) is 6.65. The fourth-order valence-corrected chi connectivity index (χ4v) is 4.77. The number of aryl methyl sites for hydroxylation is 2. The number of ether oxygens (including phenoxy) is 2. The highest BCUT2D eigenvalue weighted by atomic mass is 35.5. The molecule has 41 heavy (non-hydrogen) atoms. The Bertz CT molecular complexity index is 1630. The molecule has 4 amide bonds. The van der Waals surface area contributed by atoms with Crippen molar-refractivity contribution in [3.63, 3.8) is 0 Å². The Balaban J connectivity index is 1.29. The first-order valence-electron chi connectivity index (χ1n) is 12.9. The molecule has 1 aliphatic rings. The molecule has 1 N–H and O–H groups in total. The van der Waals surface area contributed by atoms with Crippen LogP contribution >= 0.6 is 11.6 Å². The van der Waals surface area contributed by atoms with E-state index in [-0.39, 0.29) is 5.57 Å². The van der Waals surface area contributed by atoms with Crippen LogP contribution in [-0.2, 0) is 22.8 Å². The van der Waals surface area contributed by atoms with Gasteiger partial charge in [0.2, 0.25) is 0 Å². The average Bonchev–Trinajstić information content (AvgIpc) is 2.94. The number of nitrogens with zero attached hydrogens (tertiary/aromatic N) is 1. The van der Waals surface area contributed by atoms with Gasteiger partial charge in [-0.05, 0) is 73.0 Å². The lowest BCUT2D eigenvalue weighted by Crippen LogP contribution is -2.54. The molecule has 0 radical (unpaired) electrons. The summed E-state index contributed by atoms with van der Waals surface area (Å²) in [6.07, 6.45) is 1.40. The highest BCUT2D eigenvalue weighted by Crippen LogP contribution is 2.29. The van der Waals surface area contributed by atoms with Gasteiger partial charge in [-0.2, -0.15) is 0 Å². The van der Waals surface area contributed by atoms with Crippen molar-refractivity contribution in [1.29, 1.82) is 0 Å². The van der Waals surface area contributed by atoms with E-state index in [1.807, 2.05) is 56.3 Å². The Hall–Kier alpha value is -4.88. The number of urea groups is 1. The van der Waals surface area contributed by atoms with Gasteiger partial charge >= 0.3 is 6.03 Å². The van der Waals surface area contributed by atoms with E-state index in [1.54, 1.807) is 42.5 Å². The van der Waals surface area contributed by atoms with E-state index in [9.17, 15) is 14.4 Å². The molecular formula is C33H27ClN2O5. The van der Waals surface area contributed by atoms with Crippen LogP contribution in [0, 0.1) is 13.8 Å². The van der Waals surface area contributed by atoms with Crippen LogP contribution in [0.1, 0.15) is 27.8 Å². The topological polar surface area (TPSA) is 84.9 Å². The van der Waals surface area contributed by atoms with Crippen molar-refractivity contribution in [3.8, 4) is 11.5 Å². The second-order valence-electron chi connectivity index (χ2n) is 9.70. The summed E-state index contributed by atoms with van der Waals surface area (Å²) in [5.41, 5.74) is 4.93. The summed E-state index contributed by atoms with van der Waals surface area (Å²) in [7, 11) is 0. The smallest absolute Gasteiger partial charge is 0.335 e. The summed E-state index contributed by atoms with van der Waals surface area (Å²) >= 11 is 6.46. The van der Waals surface area contributed by atoms with E-state index in [4.69, 9.17) is 21.1 Å². The highest BCUT2D eigenvalue weighted by molar-refractivity contribution is 6.39. The first-order chi connectivity index (χ1) is 19.8. The number of hydrogen-bond donors (Lipinski definition) is 1. The van der Waals surface area contributed by atoms with E-state index in [0.717, 1.165) is 27.2 Å². The Kier molecular flexibility index (Phi) is 8.17. The van der Waals surface area contributed by atoms with Gasteiger partial charge < -0.3 is 9.47 Å². The first-order valence-corrected chi connectivity index (χ1v) is 13.3. The van der Waals surface area contributed by atoms with Crippen molar-refractivity contribution in [3.05, 3.63) is 129 Å². The third-order valence-electron chi connectivity index (χ3n) is 6.39. The molecule has 0 spiro atoms. The zero-order chi connectivity index (χ0) is 28.9. The van der Waals surface area contributed by atoms with E-state index < -0.39 is 17.8 Å². The molecule has 1 fully saturated rings. The summed E-state index contributed by atoms with van der Waals surface area (Å²) in [4.78, 5) is 39.4. The van der Waals surface area contributed by atoms with Crippen LogP contribution in [0.2, 0.25) is 5.02 Å². The maximum atomic E-state index is 13.3. The predicted molar refractivity (Wildman–Crippen MR) is 158 cm³/mol. The molecule has 8 heteroatoms. The van der Waals surface area contributed by atoms with Crippen molar-refractivity contribution in [1.82, 2.24) is 5.32 Å². The largest absolute Gasteiger partial charge is 0.489 e. The van der Waals surface area contributed by atoms with Crippen molar-refractivity contribution in [2.75, 3.05) is 4.90 Å². The van der Waals surface area contributed by atoms with Crippen molar-refractivity contribution in [2.45, 2.75) is 27.1 Å². The molecular weight excluding hydrogens is 540 g/mol. The molecule has 0 saturated carbocycles. The molecule has 4 aromatic rings. The maximum absolute atomic E-state index is 13.3. The average molecular weight is 567 g/mol. The monoisotopic (exact) mass is 566 g/mol. The Morgan fingerprint density at radius 1 is 0.780 bits per heavy atom. The van der Waals surface area contributed by atoms with Crippen LogP contribution < -0.4 is 19.7 Å². The standard InChI is InChI=1S/C33H27ClN2O5/c1-21-14-22(2)16-25(15-21)20-41-30-13-8-24(18-29(30)34)17-28-31(37)35-33(39)36(32(28)38)26-9-11-27(12-10-26)40-19-23-6-4-3-5-7-23/h3-18H,19-20H2,1-2H3,(H,35,37,39)/b28-17+. The van der Waals surface area contributed by atoms with Crippen molar-refractivity contribution >= 4 is 41.2 Å². The number of hydrogen-bond acceptors (Lipinski definition) is 5. The molecule has 5 rings (SSSR count). The van der Waals surface area contributed by atoms with Gasteiger partial charge in [-0.25, -0.2) is 9.69 Å². The second kappa shape index (κ2) is 12.1. The Labute approximate surface area is 243 Å². The third-order valence-corrected chi connectivity index (χ3v) is 6.68. The highest BCUT2D eigenvalue weighted by Gasteiger charge is 2.36. The van der Waals surface area contributed by atoms with Crippen LogP contribution in [0.25, 0.3) is 6.08 Å². The fraction of sp³-hybridized carbons (Fsp3) is 0.121. The van der Waals surface area contributed by atoms with Gasteiger partial charge in [-0.3, -0.25) is 14.9 Å². The zero-order valence-electron chi connectivity index (χ0n) is 22.5. The van der Waals surface area contributed by atoms with Gasteiger partial charge in [-0.1, -0.05) is 77.3 Å². The minimum absolute atomic E-state index is 0.200. The summed E-state index contributed by atoms with van der Waals surface area (Å²) in [6, 6.07) is 26.5. The molecule has 0 bridgehead atoms. The predicted octanol–water partition coefficient (Wildman–Crippen LogP) is 6.78. The number of nitrogens with one attached hydrogen (secondary N) is 1. The lowest BCUT2D eigenvalue weighted by molar-refractivity contribution is -0.122. The number of anilines is 1. The first kappa shape index (κ1) is 27.7. The molecule has 0 aromatic heterocycles. The SMILES string of the molecule is Cc1cc(C)cc(COc2ccc(/C=C3\C(=O)NC(=O)N(c4ccc(OCc5ccccc5)cc4)C3=O)cc2Cl)c1.